The molecule has 0 saturated carbocycles. The van der Waals surface area contributed by atoms with Crippen molar-refractivity contribution in [3.05, 3.63) is 77.0 Å². The van der Waals surface area contributed by atoms with Crippen LogP contribution in [0.2, 0.25) is 0 Å². The van der Waals surface area contributed by atoms with Crippen molar-refractivity contribution in [1.82, 2.24) is 15.3 Å². The van der Waals surface area contributed by atoms with E-state index in [1.54, 1.807) is 0 Å². The number of fused-ring (bicyclic) bond motifs is 3. The lowest BCUT2D eigenvalue weighted by atomic mass is 10.00. The summed E-state index contributed by atoms with van der Waals surface area (Å²) in [7, 11) is 1.89. The molecule has 2 heterocycles. The Labute approximate surface area is 189 Å². The Balaban J connectivity index is 1.52. The van der Waals surface area contributed by atoms with Gasteiger partial charge in [0.2, 0.25) is 0 Å². The standard InChI is InChI=1S/C27H29N5/c1-18-5-12-23-24-16-21(17-31-26(24)27(29-3)32-25(23)15-18)7-6-20-8-10-22(11-9-20)19(2)30-14-4-13-28/h5,8-12,15-17,19,30H,4,6-7,14H2,1-3H3,(H,29,32). The maximum atomic E-state index is 8.69. The van der Waals surface area contributed by atoms with Gasteiger partial charge in [-0.1, -0.05) is 36.4 Å². The molecule has 4 rings (SSSR count). The van der Waals surface area contributed by atoms with Crippen LogP contribution in [-0.2, 0) is 12.8 Å². The number of pyridine rings is 2. The van der Waals surface area contributed by atoms with Crippen LogP contribution in [0.3, 0.4) is 0 Å². The van der Waals surface area contributed by atoms with Crippen molar-refractivity contribution in [2.75, 3.05) is 18.9 Å². The Bertz CT molecular complexity index is 1270. The fourth-order valence-electron chi connectivity index (χ4n) is 4.07. The fourth-order valence-corrected chi connectivity index (χ4v) is 4.07. The topological polar surface area (TPSA) is 73.6 Å². The average Bonchev–Trinajstić information content (AvgIpc) is 2.82. The molecule has 0 bridgehead atoms. The number of aromatic nitrogens is 2. The van der Waals surface area contributed by atoms with Crippen LogP contribution in [0.25, 0.3) is 21.8 Å². The number of nitriles is 1. The zero-order chi connectivity index (χ0) is 22.5. The van der Waals surface area contributed by atoms with Crippen LogP contribution >= 0.6 is 0 Å². The van der Waals surface area contributed by atoms with Crippen LogP contribution in [0, 0.1) is 18.3 Å². The Hall–Kier alpha value is -3.49. The van der Waals surface area contributed by atoms with Crippen LogP contribution in [0.1, 0.15) is 41.6 Å². The molecule has 0 fully saturated rings. The first kappa shape index (κ1) is 21.7. The van der Waals surface area contributed by atoms with Gasteiger partial charge in [0.15, 0.2) is 5.82 Å². The smallest absolute Gasteiger partial charge is 0.153 e. The number of hydrogen-bond acceptors (Lipinski definition) is 5. The van der Waals surface area contributed by atoms with Crippen molar-refractivity contribution in [2.24, 2.45) is 0 Å². The van der Waals surface area contributed by atoms with Gasteiger partial charge in [0, 0.05) is 43.0 Å². The second-order valence-electron chi connectivity index (χ2n) is 8.30. The van der Waals surface area contributed by atoms with Crippen LogP contribution < -0.4 is 10.6 Å². The lowest BCUT2D eigenvalue weighted by Crippen LogP contribution is -2.19. The monoisotopic (exact) mass is 423 g/mol. The summed E-state index contributed by atoms with van der Waals surface area (Å²) in [5, 5.41) is 17.5. The lowest BCUT2D eigenvalue weighted by Gasteiger charge is -2.14. The number of nitrogens with one attached hydrogen (secondary N) is 2. The molecule has 0 aliphatic rings. The maximum absolute atomic E-state index is 8.69. The Morgan fingerprint density at radius 2 is 1.78 bits per heavy atom. The van der Waals surface area contributed by atoms with Crippen molar-refractivity contribution in [2.45, 2.75) is 39.2 Å². The average molecular weight is 424 g/mol. The second kappa shape index (κ2) is 9.76. The van der Waals surface area contributed by atoms with E-state index < -0.39 is 0 Å². The minimum Gasteiger partial charge on any atom is -0.371 e. The third-order valence-corrected chi connectivity index (χ3v) is 5.95. The maximum Gasteiger partial charge on any atom is 0.153 e. The van der Waals surface area contributed by atoms with Crippen LogP contribution in [0.5, 0.6) is 0 Å². The van der Waals surface area contributed by atoms with Crippen molar-refractivity contribution >= 4 is 27.6 Å². The van der Waals surface area contributed by atoms with Crippen molar-refractivity contribution in [3.8, 4) is 6.07 Å². The molecule has 1 unspecified atom stereocenters. The van der Waals surface area contributed by atoms with Crippen molar-refractivity contribution < 1.29 is 0 Å². The fraction of sp³-hybridized carbons (Fsp3) is 0.296. The summed E-state index contributed by atoms with van der Waals surface area (Å²) in [6.45, 7) is 4.94. The largest absolute Gasteiger partial charge is 0.371 e. The third-order valence-electron chi connectivity index (χ3n) is 5.95. The van der Waals surface area contributed by atoms with E-state index in [2.05, 4.69) is 79.1 Å². The van der Waals surface area contributed by atoms with E-state index in [1.165, 1.54) is 22.3 Å². The van der Waals surface area contributed by atoms with Gasteiger partial charge in [0.25, 0.3) is 0 Å². The normalized spacial score (nSPS) is 12.1. The molecule has 0 aliphatic carbocycles. The molecule has 0 radical (unpaired) electrons. The molecule has 0 aliphatic heterocycles. The van der Waals surface area contributed by atoms with E-state index in [1.807, 2.05) is 13.2 Å². The summed E-state index contributed by atoms with van der Waals surface area (Å²) < 4.78 is 0. The van der Waals surface area contributed by atoms with E-state index in [9.17, 15) is 0 Å². The molecule has 0 saturated heterocycles. The minimum absolute atomic E-state index is 0.244. The van der Waals surface area contributed by atoms with Crippen molar-refractivity contribution in [1.29, 1.82) is 5.26 Å². The zero-order valence-electron chi connectivity index (χ0n) is 18.9. The molecular weight excluding hydrogens is 394 g/mol. The van der Waals surface area contributed by atoms with Gasteiger partial charge in [0.05, 0.1) is 11.6 Å². The van der Waals surface area contributed by atoms with Gasteiger partial charge in [-0.05, 0) is 61.1 Å². The summed E-state index contributed by atoms with van der Waals surface area (Å²) in [5.41, 5.74) is 6.89. The summed E-state index contributed by atoms with van der Waals surface area (Å²) in [4.78, 5) is 9.51. The van der Waals surface area contributed by atoms with Gasteiger partial charge < -0.3 is 10.6 Å². The summed E-state index contributed by atoms with van der Waals surface area (Å²) in [6.07, 6.45) is 4.40. The van der Waals surface area contributed by atoms with Gasteiger partial charge in [-0.2, -0.15) is 5.26 Å². The first-order chi connectivity index (χ1) is 15.6. The third kappa shape index (κ3) is 4.71. The van der Waals surface area contributed by atoms with Crippen molar-refractivity contribution in [3.63, 3.8) is 0 Å². The molecular formula is C27H29N5. The summed E-state index contributed by atoms with van der Waals surface area (Å²) in [6, 6.07) is 19.8. The predicted molar refractivity (Wildman–Crippen MR) is 132 cm³/mol. The molecule has 2 N–H and O–H groups in total. The second-order valence-corrected chi connectivity index (χ2v) is 8.30. The number of rotatable bonds is 8. The molecule has 5 nitrogen and oxygen atoms in total. The highest BCUT2D eigenvalue weighted by Gasteiger charge is 2.10. The first-order valence-corrected chi connectivity index (χ1v) is 11.1. The van der Waals surface area contributed by atoms with Crippen LogP contribution in [-0.4, -0.2) is 23.6 Å². The number of nitrogens with zero attached hydrogens (tertiary/aromatic N) is 3. The molecule has 162 valence electrons. The van der Waals surface area contributed by atoms with E-state index in [0.29, 0.717) is 13.0 Å². The number of benzene rings is 2. The van der Waals surface area contributed by atoms with E-state index >= 15 is 0 Å². The highest BCUT2D eigenvalue weighted by atomic mass is 15.0. The molecule has 0 amide bonds. The predicted octanol–water partition coefficient (Wildman–Crippen LogP) is 5.48. The molecule has 4 aromatic rings. The minimum atomic E-state index is 0.244. The lowest BCUT2D eigenvalue weighted by molar-refractivity contribution is 0.583. The van der Waals surface area contributed by atoms with Gasteiger partial charge in [-0.25, -0.2) is 4.98 Å². The molecule has 5 heteroatoms. The van der Waals surface area contributed by atoms with Gasteiger partial charge in [-0.15, -0.1) is 0 Å². The molecule has 32 heavy (non-hydrogen) atoms. The Morgan fingerprint density at radius 3 is 2.53 bits per heavy atom. The van der Waals surface area contributed by atoms with E-state index in [-0.39, 0.29) is 6.04 Å². The molecule has 1 atom stereocenters. The highest BCUT2D eigenvalue weighted by Crippen LogP contribution is 2.29. The molecule has 2 aromatic carbocycles. The summed E-state index contributed by atoms with van der Waals surface area (Å²) >= 11 is 0. The van der Waals surface area contributed by atoms with E-state index in [4.69, 9.17) is 15.2 Å². The first-order valence-electron chi connectivity index (χ1n) is 11.1. The molecule has 0 spiro atoms. The van der Waals surface area contributed by atoms with Crippen LogP contribution in [0.4, 0.5) is 5.82 Å². The Morgan fingerprint density at radius 1 is 1.00 bits per heavy atom. The van der Waals surface area contributed by atoms with Crippen LogP contribution in [0.15, 0.2) is 54.7 Å². The van der Waals surface area contributed by atoms with Gasteiger partial charge in [-0.3, -0.25) is 4.98 Å². The Kier molecular flexibility index (Phi) is 6.63. The molecule has 2 aromatic heterocycles. The number of aryl methyl sites for hydroxylation is 3. The number of hydrogen-bond donors (Lipinski definition) is 2. The summed E-state index contributed by atoms with van der Waals surface area (Å²) in [5.74, 6) is 0.817. The zero-order valence-corrected chi connectivity index (χ0v) is 18.9. The van der Waals surface area contributed by atoms with E-state index in [0.717, 1.165) is 40.5 Å². The SMILES string of the molecule is CNc1nc2cc(C)ccc2c2cc(CCc3ccc(C(C)NCCC#N)cc3)cnc12. The van der Waals surface area contributed by atoms with Gasteiger partial charge in [0.1, 0.15) is 5.52 Å². The quantitative estimate of drug-likeness (QED) is 0.290. The number of anilines is 1. The highest BCUT2D eigenvalue weighted by molar-refractivity contribution is 6.08. The van der Waals surface area contributed by atoms with Gasteiger partial charge >= 0.3 is 0 Å².